The fourth-order valence-electron chi connectivity index (χ4n) is 2.86. The molecule has 0 unspecified atom stereocenters. The van der Waals surface area contributed by atoms with Gasteiger partial charge in [0.05, 0.1) is 28.1 Å². The van der Waals surface area contributed by atoms with Gasteiger partial charge >= 0.3 is 0 Å². The van der Waals surface area contributed by atoms with Gasteiger partial charge in [-0.3, -0.25) is 5.10 Å². The number of fused-ring (bicyclic) bond motifs is 1. The summed E-state index contributed by atoms with van der Waals surface area (Å²) in [5.41, 5.74) is 4.23. The summed E-state index contributed by atoms with van der Waals surface area (Å²) in [6.45, 7) is 1.89. The number of rotatable bonds is 4. The Morgan fingerprint density at radius 2 is 2.04 bits per heavy atom. The molecule has 5 rings (SSSR count). The molecule has 3 aromatic heterocycles. The maximum atomic E-state index is 6.46. The Hall–Kier alpha value is -3.23. The topological polar surface area (TPSA) is 92.5 Å². The molecule has 0 radical (unpaired) electrons. The van der Waals surface area contributed by atoms with Gasteiger partial charge < -0.3 is 9.73 Å². The van der Waals surface area contributed by atoms with Crippen molar-refractivity contribution in [3.8, 4) is 22.8 Å². The maximum absolute atomic E-state index is 6.46. The van der Waals surface area contributed by atoms with Gasteiger partial charge in [0.1, 0.15) is 6.26 Å². The normalized spacial score (nSPS) is 11.2. The van der Waals surface area contributed by atoms with Crippen molar-refractivity contribution in [3.63, 3.8) is 0 Å². The predicted molar refractivity (Wildman–Crippen MR) is 110 cm³/mol. The van der Waals surface area contributed by atoms with Gasteiger partial charge in [0.15, 0.2) is 5.82 Å². The first-order chi connectivity index (χ1) is 13.7. The second kappa shape index (κ2) is 6.74. The average molecular weight is 409 g/mol. The van der Waals surface area contributed by atoms with Gasteiger partial charge in [0.2, 0.25) is 11.0 Å². The predicted octanol–water partition coefficient (Wildman–Crippen LogP) is 5.44. The number of hydrogen-bond acceptors (Lipinski definition) is 7. The molecule has 138 valence electrons. The van der Waals surface area contributed by atoms with E-state index in [2.05, 4.69) is 29.9 Å². The number of aromatic amines is 1. The van der Waals surface area contributed by atoms with Crippen LogP contribution in [0.2, 0.25) is 5.02 Å². The van der Waals surface area contributed by atoms with Crippen molar-refractivity contribution in [2.45, 2.75) is 6.92 Å². The van der Waals surface area contributed by atoms with Gasteiger partial charge in [-0.05, 0) is 31.2 Å². The molecular formula is C19H13ClN6OS. The van der Waals surface area contributed by atoms with Crippen LogP contribution in [0.1, 0.15) is 5.69 Å². The van der Waals surface area contributed by atoms with Crippen molar-refractivity contribution >= 4 is 44.9 Å². The minimum absolute atomic E-state index is 0.577. The molecule has 0 saturated carbocycles. The molecule has 0 aliphatic heterocycles. The fourth-order valence-corrected chi connectivity index (χ4v) is 3.73. The summed E-state index contributed by atoms with van der Waals surface area (Å²) in [5.74, 6) is 1.20. The summed E-state index contributed by atoms with van der Waals surface area (Å²) in [5, 5.41) is 12.2. The SMILES string of the molecule is Cc1coc(-c2cccc(-c3nsc(Nc4ccc5[nH]ncc5c4Cl)n3)c2)n1. The van der Waals surface area contributed by atoms with E-state index in [1.54, 1.807) is 12.5 Å². The number of nitrogens with zero attached hydrogens (tertiary/aromatic N) is 4. The van der Waals surface area contributed by atoms with Crippen LogP contribution < -0.4 is 5.32 Å². The second-order valence-electron chi connectivity index (χ2n) is 6.18. The molecule has 0 fully saturated rings. The smallest absolute Gasteiger partial charge is 0.226 e. The maximum Gasteiger partial charge on any atom is 0.226 e. The third-order valence-electron chi connectivity index (χ3n) is 4.21. The van der Waals surface area contributed by atoms with E-state index < -0.39 is 0 Å². The molecule has 0 aliphatic rings. The lowest BCUT2D eigenvalue weighted by molar-refractivity contribution is 0.573. The van der Waals surface area contributed by atoms with E-state index in [0.717, 1.165) is 33.4 Å². The molecule has 0 bridgehead atoms. The Morgan fingerprint density at radius 1 is 1.14 bits per heavy atom. The van der Waals surface area contributed by atoms with Crippen molar-refractivity contribution in [1.29, 1.82) is 0 Å². The minimum Gasteiger partial charge on any atom is -0.444 e. The number of aryl methyl sites for hydroxylation is 1. The third kappa shape index (κ3) is 3.02. The number of benzene rings is 2. The highest BCUT2D eigenvalue weighted by Gasteiger charge is 2.12. The number of H-pyrrole nitrogens is 1. The zero-order valence-corrected chi connectivity index (χ0v) is 16.2. The van der Waals surface area contributed by atoms with Gasteiger partial charge in [0, 0.05) is 28.0 Å². The summed E-state index contributed by atoms with van der Waals surface area (Å²) >= 11 is 7.73. The zero-order valence-electron chi connectivity index (χ0n) is 14.6. The lowest BCUT2D eigenvalue weighted by Crippen LogP contribution is -1.91. The van der Waals surface area contributed by atoms with E-state index in [4.69, 9.17) is 16.0 Å². The van der Waals surface area contributed by atoms with Crippen LogP contribution in [-0.2, 0) is 0 Å². The van der Waals surface area contributed by atoms with Crippen LogP contribution in [0, 0.1) is 6.92 Å². The van der Waals surface area contributed by atoms with Crippen molar-refractivity contribution in [3.05, 3.63) is 59.6 Å². The third-order valence-corrected chi connectivity index (χ3v) is 5.25. The van der Waals surface area contributed by atoms with Crippen LogP contribution in [0.3, 0.4) is 0 Å². The molecular weight excluding hydrogens is 396 g/mol. The van der Waals surface area contributed by atoms with Crippen molar-refractivity contribution < 1.29 is 4.42 Å². The molecule has 0 saturated heterocycles. The molecule has 0 amide bonds. The summed E-state index contributed by atoms with van der Waals surface area (Å²) in [4.78, 5) is 8.96. The van der Waals surface area contributed by atoms with Crippen LogP contribution in [-0.4, -0.2) is 24.5 Å². The molecule has 9 heteroatoms. The molecule has 2 aromatic carbocycles. The van der Waals surface area contributed by atoms with E-state index in [0.29, 0.717) is 21.9 Å². The van der Waals surface area contributed by atoms with Crippen LogP contribution >= 0.6 is 23.1 Å². The molecule has 3 heterocycles. The van der Waals surface area contributed by atoms with Gasteiger partial charge in [-0.1, -0.05) is 23.7 Å². The first-order valence-electron chi connectivity index (χ1n) is 8.42. The largest absolute Gasteiger partial charge is 0.444 e. The number of oxazole rings is 1. The Balaban J connectivity index is 1.44. The molecule has 7 nitrogen and oxygen atoms in total. The lowest BCUT2D eigenvalue weighted by Gasteiger charge is -2.05. The Bertz CT molecular complexity index is 1290. The Morgan fingerprint density at radius 3 is 2.89 bits per heavy atom. The first-order valence-corrected chi connectivity index (χ1v) is 9.58. The number of aromatic nitrogens is 5. The van der Waals surface area contributed by atoms with Crippen LogP contribution in [0.15, 0.2) is 53.3 Å². The van der Waals surface area contributed by atoms with E-state index in [-0.39, 0.29) is 0 Å². The van der Waals surface area contributed by atoms with Gasteiger partial charge in [-0.25, -0.2) is 4.98 Å². The number of anilines is 2. The number of nitrogens with one attached hydrogen (secondary N) is 2. The highest BCUT2D eigenvalue weighted by atomic mass is 35.5. The lowest BCUT2D eigenvalue weighted by atomic mass is 10.1. The molecule has 5 aromatic rings. The molecule has 2 N–H and O–H groups in total. The summed E-state index contributed by atoms with van der Waals surface area (Å²) in [6.07, 6.45) is 3.33. The van der Waals surface area contributed by atoms with E-state index in [1.807, 2.05) is 43.3 Å². The number of halogens is 1. The van der Waals surface area contributed by atoms with Gasteiger partial charge in [-0.2, -0.15) is 14.5 Å². The molecule has 28 heavy (non-hydrogen) atoms. The van der Waals surface area contributed by atoms with Crippen LogP contribution in [0.25, 0.3) is 33.7 Å². The average Bonchev–Trinajstić information content (AvgIpc) is 3.45. The zero-order chi connectivity index (χ0) is 19.1. The Labute approximate surface area is 168 Å². The van der Waals surface area contributed by atoms with Gasteiger partial charge in [0.25, 0.3) is 0 Å². The first kappa shape index (κ1) is 16.9. The van der Waals surface area contributed by atoms with Crippen molar-refractivity contribution in [1.82, 2.24) is 24.5 Å². The molecule has 0 spiro atoms. The van der Waals surface area contributed by atoms with Crippen LogP contribution in [0.4, 0.5) is 10.8 Å². The summed E-state index contributed by atoms with van der Waals surface area (Å²) in [6, 6.07) is 11.6. The standard InChI is InChI=1S/C19H13ClN6OS/c1-10-9-27-18(22-10)12-4-2-3-11(7-12)17-24-19(28-26-17)23-15-6-5-14-13(16(15)20)8-21-25-14/h2-9H,1H3,(H,21,25)(H,23,24,26). The highest BCUT2D eigenvalue weighted by Crippen LogP contribution is 2.33. The monoisotopic (exact) mass is 408 g/mol. The quantitative estimate of drug-likeness (QED) is 0.411. The van der Waals surface area contributed by atoms with E-state index in [1.165, 1.54) is 11.5 Å². The van der Waals surface area contributed by atoms with E-state index >= 15 is 0 Å². The fraction of sp³-hybridized carbons (Fsp3) is 0.0526. The second-order valence-corrected chi connectivity index (χ2v) is 7.31. The summed E-state index contributed by atoms with van der Waals surface area (Å²) in [7, 11) is 0. The Kier molecular flexibility index (Phi) is 4.07. The summed E-state index contributed by atoms with van der Waals surface area (Å²) < 4.78 is 9.94. The van der Waals surface area contributed by atoms with Crippen molar-refractivity contribution in [2.24, 2.45) is 0 Å². The highest BCUT2D eigenvalue weighted by molar-refractivity contribution is 7.10. The molecule has 0 atom stereocenters. The molecule has 0 aliphatic carbocycles. The van der Waals surface area contributed by atoms with Gasteiger partial charge in [-0.15, -0.1) is 0 Å². The van der Waals surface area contributed by atoms with Crippen LogP contribution in [0.5, 0.6) is 0 Å². The van der Waals surface area contributed by atoms with Crippen molar-refractivity contribution in [2.75, 3.05) is 5.32 Å². The minimum atomic E-state index is 0.577. The number of hydrogen-bond donors (Lipinski definition) is 2. The van der Waals surface area contributed by atoms with E-state index in [9.17, 15) is 0 Å².